The first-order valence-corrected chi connectivity index (χ1v) is 19.4. The number of nitrogens with two attached hydrogens (primary N) is 1. The summed E-state index contributed by atoms with van der Waals surface area (Å²) in [7, 11) is 0. The van der Waals surface area contributed by atoms with Crippen LogP contribution < -0.4 is 21.1 Å². The van der Waals surface area contributed by atoms with Gasteiger partial charge in [0.05, 0.1) is 17.3 Å². The van der Waals surface area contributed by atoms with Crippen molar-refractivity contribution in [1.29, 1.82) is 0 Å². The van der Waals surface area contributed by atoms with Crippen molar-refractivity contribution >= 4 is 29.5 Å². The molecule has 4 N–H and O–H groups in total. The number of carbonyl (C=O) groups is 5. The maximum absolute atomic E-state index is 14.3. The fourth-order valence-corrected chi connectivity index (χ4v) is 8.02. The summed E-state index contributed by atoms with van der Waals surface area (Å²) in [4.78, 5) is 81.7. The van der Waals surface area contributed by atoms with Crippen LogP contribution >= 0.6 is 0 Å². The van der Waals surface area contributed by atoms with Crippen LogP contribution in [0, 0.1) is 0 Å². The van der Waals surface area contributed by atoms with E-state index in [1.54, 1.807) is 45.2 Å². The smallest absolute Gasteiger partial charge is 0.255 e. The summed E-state index contributed by atoms with van der Waals surface area (Å²) in [5, 5.41) is 5.98. The maximum atomic E-state index is 14.3. The molecule has 4 aliphatic rings. The van der Waals surface area contributed by atoms with Crippen LogP contribution in [0.25, 0.3) is 0 Å². The molecule has 286 valence electrons. The number of benzene rings is 1. The molecule has 2 aromatic rings. The number of hydrogen-bond donors (Lipinski definition) is 3. The molecular formula is C39H54N8O6. The fourth-order valence-electron chi connectivity index (χ4n) is 8.02. The Bertz CT molecular complexity index is 1590. The summed E-state index contributed by atoms with van der Waals surface area (Å²) >= 11 is 0. The highest BCUT2D eigenvalue weighted by atomic mass is 16.5. The largest absolute Gasteiger partial charge is 0.491 e. The number of aromatic nitrogens is 1. The van der Waals surface area contributed by atoms with Gasteiger partial charge in [0.15, 0.2) is 0 Å². The van der Waals surface area contributed by atoms with Crippen molar-refractivity contribution in [1.82, 2.24) is 35.2 Å². The van der Waals surface area contributed by atoms with E-state index in [0.717, 1.165) is 37.9 Å². The van der Waals surface area contributed by atoms with Crippen molar-refractivity contribution in [3.63, 3.8) is 0 Å². The number of amides is 5. The average molecular weight is 731 g/mol. The number of para-hydroxylation sites is 1. The van der Waals surface area contributed by atoms with Crippen LogP contribution in [0.4, 0.5) is 0 Å². The fraction of sp³-hybridized carbons (Fsp3) is 0.590. The van der Waals surface area contributed by atoms with Gasteiger partial charge in [0.25, 0.3) is 5.91 Å². The third-order valence-electron chi connectivity index (χ3n) is 10.9. The van der Waals surface area contributed by atoms with Gasteiger partial charge in [-0.3, -0.25) is 33.9 Å². The third-order valence-corrected chi connectivity index (χ3v) is 10.9. The van der Waals surface area contributed by atoms with Crippen molar-refractivity contribution in [3.05, 3.63) is 59.9 Å². The molecule has 0 saturated carbocycles. The van der Waals surface area contributed by atoms with E-state index < -0.39 is 24.0 Å². The molecule has 0 spiro atoms. The van der Waals surface area contributed by atoms with Crippen LogP contribution in [0.15, 0.2) is 48.7 Å². The lowest BCUT2D eigenvalue weighted by atomic mass is 10.0. The Balaban J connectivity index is 1.24. The number of hydrogen-bond acceptors (Lipinski definition) is 9. The van der Waals surface area contributed by atoms with Gasteiger partial charge >= 0.3 is 0 Å². The van der Waals surface area contributed by atoms with Gasteiger partial charge in [-0.2, -0.15) is 0 Å². The van der Waals surface area contributed by atoms with E-state index in [0.29, 0.717) is 77.2 Å². The minimum atomic E-state index is -0.967. The molecule has 0 aliphatic carbocycles. The predicted octanol–water partition coefficient (Wildman–Crippen LogP) is 1.68. The molecule has 4 aliphatic heterocycles. The summed E-state index contributed by atoms with van der Waals surface area (Å²) < 4.78 is 6.26. The van der Waals surface area contributed by atoms with E-state index in [9.17, 15) is 24.0 Å². The van der Waals surface area contributed by atoms with E-state index in [1.165, 1.54) is 0 Å². The molecule has 6 rings (SSSR count). The maximum Gasteiger partial charge on any atom is 0.255 e. The van der Waals surface area contributed by atoms with Gasteiger partial charge in [-0.1, -0.05) is 18.2 Å². The number of nitrogens with zero attached hydrogens (tertiary/aromatic N) is 5. The summed E-state index contributed by atoms with van der Waals surface area (Å²) in [6, 6.07) is 10.1. The zero-order valence-corrected chi connectivity index (χ0v) is 30.6. The molecule has 1 aromatic carbocycles. The van der Waals surface area contributed by atoms with Crippen molar-refractivity contribution in [2.24, 2.45) is 5.73 Å². The molecule has 5 amide bonds. The summed E-state index contributed by atoms with van der Waals surface area (Å²) in [6.45, 7) is 4.73. The molecule has 4 atom stereocenters. The van der Waals surface area contributed by atoms with E-state index in [-0.39, 0.29) is 54.7 Å². The number of rotatable bonds is 7. The zero-order valence-electron chi connectivity index (χ0n) is 30.6. The highest BCUT2D eigenvalue weighted by Gasteiger charge is 2.39. The highest BCUT2D eigenvalue weighted by molar-refractivity contribution is 6.00. The number of ether oxygens (including phenoxy) is 1. The lowest BCUT2D eigenvalue weighted by Gasteiger charge is -2.32. The van der Waals surface area contributed by atoms with Crippen molar-refractivity contribution in [3.8, 4) is 5.75 Å². The normalized spacial score (nSPS) is 25.3. The van der Waals surface area contributed by atoms with Gasteiger partial charge < -0.3 is 35.8 Å². The molecule has 0 radical (unpaired) electrons. The molecule has 3 saturated heterocycles. The SMILES string of the molecule is NCCCC[C@@H]1NC(=O)[C@H]2CCCN2C(=O)CC[C@@H](C(=O)N2CCCN(Cc3ccccn3)CC2)NC(=O)c2ccccc2OC[C@H]2CCCN2C1=O. The van der Waals surface area contributed by atoms with Gasteiger partial charge in [0.1, 0.15) is 30.5 Å². The minimum absolute atomic E-state index is 0.0351. The monoisotopic (exact) mass is 730 g/mol. The Hall–Kier alpha value is -4.56. The second-order valence-corrected chi connectivity index (χ2v) is 14.6. The predicted molar refractivity (Wildman–Crippen MR) is 197 cm³/mol. The summed E-state index contributed by atoms with van der Waals surface area (Å²) in [5.41, 5.74) is 7.00. The molecule has 5 heterocycles. The Morgan fingerprint density at radius 1 is 0.849 bits per heavy atom. The van der Waals surface area contributed by atoms with Gasteiger partial charge in [0, 0.05) is 58.4 Å². The Morgan fingerprint density at radius 2 is 1.66 bits per heavy atom. The molecular weight excluding hydrogens is 676 g/mol. The Morgan fingerprint density at radius 3 is 2.49 bits per heavy atom. The van der Waals surface area contributed by atoms with E-state index in [4.69, 9.17) is 10.5 Å². The van der Waals surface area contributed by atoms with Crippen LogP contribution in [0.1, 0.15) is 80.3 Å². The quantitative estimate of drug-likeness (QED) is 0.359. The van der Waals surface area contributed by atoms with Gasteiger partial charge in [-0.05, 0) is 88.6 Å². The minimum Gasteiger partial charge on any atom is -0.491 e. The van der Waals surface area contributed by atoms with Gasteiger partial charge in [-0.15, -0.1) is 0 Å². The van der Waals surface area contributed by atoms with Crippen molar-refractivity contribution < 1.29 is 28.7 Å². The number of pyridine rings is 1. The van der Waals surface area contributed by atoms with Crippen LogP contribution in [0.2, 0.25) is 0 Å². The molecule has 14 heteroatoms. The summed E-state index contributed by atoms with van der Waals surface area (Å²) in [6.07, 6.45) is 7.06. The molecule has 0 bridgehead atoms. The van der Waals surface area contributed by atoms with Crippen LogP contribution in [0.3, 0.4) is 0 Å². The third kappa shape index (κ3) is 9.71. The highest BCUT2D eigenvalue weighted by Crippen LogP contribution is 2.26. The van der Waals surface area contributed by atoms with Crippen LogP contribution in [-0.4, -0.2) is 131 Å². The topological polar surface area (TPSA) is 171 Å². The lowest BCUT2D eigenvalue weighted by molar-refractivity contribution is -0.142. The average Bonchev–Trinajstić information content (AvgIpc) is 3.81. The summed E-state index contributed by atoms with van der Waals surface area (Å²) in [5.74, 6) is -1.14. The lowest BCUT2D eigenvalue weighted by Crippen LogP contribution is -2.55. The molecule has 53 heavy (non-hydrogen) atoms. The molecule has 0 unspecified atom stereocenters. The van der Waals surface area contributed by atoms with Crippen molar-refractivity contribution in [2.75, 3.05) is 52.4 Å². The first kappa shape index (κ1) is 38.2. The van der Waals surface area contributed by atoms with Crippen LogP contribution in [0.5, 0.6) is 5.75 Å². The number of carbonyl (C=O) groups excluding carboxylic acids is 5. The van der Waals surface area contributed by atoms with E-state index in [2.05, 4.69) is 20.5 Å². The second kappa shape index (κ2) is 18.5. The standard InChI is InChI=1S/C39H54N8O6/c40-18-5-3-13-31-39(52)46-22-7-11-29(46)27-53-34-15-2-1-12-30(34)36(49)42-32(16-17-35(48)47-23-8-14-33(47)37(50)43-31)38(51)45-21-9-20-44(24-25-45)26-28-10-4-6-19-41-28/h1-2,4,6,10,12,15,19,29,31-33H,3,5,7-9,11,13-14,16-18,20-27,40H2,(H,42,49)(H,43,50)/t29-,31+,32+,33-/m1/s1. The molecule has 3 fully saturated rings. The first-order valence-electron chi connectivity index (χ1n) is 19.4. The number of fused-ring (bicyclic) bond motifs is 3. The van der Waals surface area contributed by atoms with E-state index in [1.807, 2.05) is 18.2 Å². The first-order chi connectivity index (χ1) is 25.8. The molecule has 1 aromatic heterocycles. The van der Waals surface area contributed by atoms with Crippen LogP contribution in [-0.2, 0) is 25.7 Å². The zero-order chi connectivity index (χ0) is 37.2. The number of unbranched alkanes of at least 4 members (excludes halogenated alkanes) is 1. The van der Waals surface area contributed by atoms with E-state index >= 15 is 0 Å². The Labute approximate surface area is 311 Å². The van der Waals surface area contributed by atoms with Crippen molar-refractivity contribution in [2.45, 2.75) is 94.9 Å². The number of nitrogens with one attached hydrogen (secondary N) is 2. The molecule has 14 nitrogen and oxygen atoms in total. The van der Waals surface area contributed by atoms with Gasteiger partial charge in [0.2, 0.25) is 23.6 Å². The second-order valence-electron chi connectivity index (χ2n) is 14.6. The van der Waals surface area contributed by atoms with Gasteiger partial charge in [-0.25, -0.2) is 0 Å². The Kier molecular flexibility index (Phi) is 13.3.